The minimum absolute atomic E-state index is 0.816. The molecule has 1 N–H and O–H groups in total. The number of allylic oxidation sites excluding steroid dienone is 1. The standard InChI is InChI=1S/C16H23NO/c1-18-16-11-9-15(10-12-16)17-13-5-8-14-6-3-2-4-7-14/h5,8-12,14,17H,2-4,6-7,13H2,1H3/b8-5-. The molecule has 2 heteroatoms. The van der Waals surface area contributed by atoms with E-state index < -0.39 is 0 Å². The molecular weight excluding hydrogens is 222 g/mol. The van der Waals surface area contributed by atoms with Gasteiger partial charge in [-0.15, -0.1) is 0 Å². The molecule has 0 bridgehead atoms. The Balaban J connectivity index is 1.71. The van der Waals surface area contributed by atoms with Gasteiger partial charge >= 0.3 is 0 Å². The third-order valence-electron chi connectivity index (χ3n) is 3.57. The average Bonchev–Trinajstić information content (AvgIpc) is 2.45. The van der Waals surface area contributed by atoms with Crippen molar-refractivity contribution < 1.29 is 4.74 Å². The van der Waals surface area contributed by atoms with Crippen LogP contribution in [-0.4, -0.2) is 13.7 Å². The number of ether oxygens (including phenoxy) is 1. The Morgan fingerprint density at radius 2 is 1.89 bits per heavy atom. The molecule has 0 aliphatic heterocycles. The minimum Gasteiger partial charge on any atom is -0.497 e. The molecule has 2 rings (SSSR count). The first-order chi connectivity index (χ1) is 8.88. The Morgan fingerprint density at radius 3 is 2.56 bits per heavy atom. The van der Waals surface area contributed by atoms with Crippen LogP contribution >= 0.6 is 0 Å². The van der Waals surface area contributed by atoms with Gasteiger partial charge in [-0.1, -0.05) is 31.4 Å². The fourth-order valence-corrected chi connectivity index (χ4v) is 2.47. The van der Waals surface area contributed by atoms with Gasteiger partial charge in [0.2, 0.25) is 0 Å². The van der Waals surface area contributed by atoms with Gasteiger partial charge in [0.25, 0.3) is 0 Å². The van der Waals surface area contributed by atoms with Gasteiger partial charge in [0.15, 0.2) is 0 Å². The summed E-state index contributed by atoms with van der Waals surface area (Å²) in [7, 11) is 1.69. The van der Waals surface area contributed by atoms with Crippen LogP contribution in [0.15, 0.2) is 36.4 Å². The van der Waals surface area contributed by atoms with Crippen LogP contribution in [0.2, 0.25) is 0 Å². The summed E-state index contributed by atoms with van der Waals surface area (Å²) in [6.45, 7) is 0.906. The van der Waals surface area contributed by atoms with E-state index in [4.69, 9.17) is 4.74 Å². The number of hydrogen-bond acceptors (Lipinski definition) is 2. The maximum atomic E-state index is 5.13. The van der Waals surface area contributed by atoms with Crippen molar-refractivity contribution in [1.82, 2.24) is 0 Å². The topological polar surface area (TPSA) is 21.3 Å². The molecular formula is C16H23NO. The normalized spacial score (nSPS) is 16.9. The van der Waals surface area contributed by atoms with Crippen molar-refractivity contribution in [2.45, 2.75) is 32.1 Å². The Hall–Kier alpha value is -1.44. The van der Waals surface area contributed by atoms with E-state index in [0.717, 1.165) is 23.9 Å². The lowest BCUT2D eigenvalue weighted by Crippen LogP contribution is -2.04. The van der Waals surface area contributed by atoms with Crippen LogP contribution in [-0.2, 0) is 0 Å². The lowest BCUT2D eigenvalue weighted by Gasteiger charge is -2.17. The molecule has 1 aromatic carbocycles. The summed E-state index contributed by atoms with van der Waals surface area (Å²) in [6, 6.07) is 8.06. The highest BCUT2D eigenvalue weighted by atomic mass is 16.5. The Bertz CT molecular complexity index is 363. The zero-order chi connectivity index (χ0) is 12.6. The van der Waals surface area contributed by atoms with Gasteiger partial charge in [-0.25, -0.2) is 0 Å². The van der Waals surface area contributed by atoms with Crippen molar-refractivity contribution >= 4 is 5.69 Å². The Morgan fingerprint density at radius 1 is 1.17 bits per heavy atom. The quantitative estimate of drug-likeness (QED) is 0.783. The average molecular weight is 245 g/mol. The number of methoxy groups -OCH3 is 1. The molecule has 1 aliphatic rings. The first-order valence-corrected chi connectivity index (χ1v) is 6.93. The Labute approximate surface area is 110 Å². The van der Waals surface area contributed by atoms with E-state index >= 15 is 0 Å². The molecule has 1 aliphatic carbocycles. The SMILES string of the molecule is COc1ccc(NC/C=C\C2CCCCC2)cc1. The van der Waals surface area contributed by atoms with Gasteiger partial charge in [-0.3, -0.25) is 0 Å². The second-order valence-electron chi connectivity index (χ2n) is 4.94. The highest BCUT2D eigenvalue weighted by molar-refractivity contribution is 5.46. The monoisotopic (exact) mass is 245 g/mol. The van der Waals surface area contributed by atoms with Gasteiger partial charge in [0.1, 0.15) is 5.75 Å². The third kappa shape index (κ3) is 4.10. The van der Waals surface area contributed by atoms with Crippen molar-refractivity contribution in [1.29, 1.82) is 0 Å². The lowest BCUT2D eigenvalue weighted by molar-refractivity contribution is 0.415. The highest BCUT2D eigenvalue weighted by Gasteiger charge is 2.09. The molecule has 0 heterocycles. The van der Waals surface area contributed by atoms with E-state index in [0.29, 0.717) is 0 Å². The fraction of sp³-hybridized carbons (Fsp3) is 0.500. The second kappa shape index (κ2) is 7.10. The number of benzene rings is 1. The molecule has 0 aromatic heterocycles. The predicted octanol–water partition coefficient (Wildman–Crippen LogP) is 4.24. The molecule has 18 heavy (non-hydrogen) atoms. The molecule has 0 amide bonds. The Kier molecular flexibility index (Phi) is 5.13. The van der Waals surface area contributed by atoms with Gasteiger partial charge in [-0.2, -0.15) is 0 Å². The smallest absolute Gasteiger partial charge is 0.119 e. The van der Waals surface area contributed by atoms with E-state index in [1.54, 1.807) is 7.11 Å². The maximum absolute atomic E-state index is 5.13. The molecule has 2 nitrogen and oxygen atoms in total. The summed E-state index contributed by atoms with van der Waals surface area (Å²) in [4.78, 5) is 0. The molecule has 0 radical (unpaired) electrons. The highest BCUT2D eigenvalue weighted by Crippen LogP contribution is 2.24. The van der Waals surface area contributed by atoms with Gasteiger partial charge in [-0.05, 0) is 43.0 Å². The minimum atomic E-state index is 0.816. The summed E-state index contributed by atoms with van der Waals surface area (Å²) in [5.74, 6) is 1.72. The number of anilines is 1. The number of hydrogen-bond donors (Lipinski definition) is 1. The van der Waals surface area contributed by atoms with Crippen molar-refractivity contribution in [2.75, 3.05) is 19.0 Å². The molecule has 0 spiro atoms. The second-order valence-corrected chi connectivity index (χ2v) is 4.94. The van der Waals surface area contributed by atoms with Gasteiger partial charge in [0, 0.05) is 12.2 Å². The zero-order valence-electron chi connectivity index (χ0n) is 11.2. The zero-order valence-corrected chi connectivity index (χ0v) is 11.2. The number of nitrogens with one attached hydrogen (secondary N) is 1. The van der Waals surface area contributed by atoms with Gasteiger partial charge in [0.05, 0.1) is 7.11 Å². The molecule has 1 saturated carbocycles. The van der Waals surface area contributed by atoms with Crippen LogP contribution in [0.3, 0.4) is 0 Å². The van der Waals surface area contributed by atoms with Gasteiger partial charge < -0.3 is 10.1 Å². The third-order valence-corrected chi connectivity index (χ3v) is 3.57. The fourth-order valence-electron chi connectivity index (χ4n) is 2.47. The van der Waals surface area contributed by atoms with Crippen molar-refractivity contribution in [3.8, 4) is 5.75 Å². The summed E-state index contributed by atoms with van der Waals surface area (Å²) in [6.07, 6.45) is 11.6. The molecule has 1 aromatic rings. The lowest BCUT2D eigenvalue weighted by atomic mass is 9.89. The predicted molar refractivity (Wildman–Crippen MR) is 77.2 cm³/mol. The molecule has 0 atom stereocenters. The van der Waals surface area contributed by atoms with Crippen LogP contribution in [0.5, 0.6) is 5.75 Å². The first kappa shape index (κ1) is 13.0. The summed E-state index contributed by atoms with van der Waals surface area (Å²) in [5, 5.41) is 3.39. The van der Waals surface area contributed by atoms with E-state index in [-0.39, 0.29) is 0 Å². The largest absolute Gasteiger partial charge is 0.497 e. The molecule has 98 valence electrons. The van der Waals surface area contributed by atoms with Crippen LogP contribution in [0, 0.1) is 5.92 Å². The van der Waals surface area contributed by atoms with Crippen LogP contribution in [0.4, 0.5) is 5.69 Å². The molecule has 0 unspecified atom stereocenters. The van der Waals surface area contributed by atoms with E-state index in [2.05, 4.69) is 17.5 Å². The summed E-state index contributed by atoms with van der Waals surface area (Å²) >= 11 is 0. The summed E-state index contributed by atoms with van der Waals surface area (Å²) < 4.78 is 5.13. The van der Waals surface area contributed by atoms with Crippen molar-refractivity contribution in [2.24, 2.45) is 5.92 Å². The van der Waals surface area contributed by atoms with Crippen LogP contribution < -0.4 is 10.1 Å². The van der Waals surface area contributed by atoms with E-state index in [9.17, 15) is 0 Å². The van der Waals surface area contributed by atoms with Crippen molar-refractivity contribution in [3.63, 3.8) is 0 Å². The molecule has 0 saturated heterocycles. The summed E-state index contributed by atoms with van der Waals surface area (Å²) in [5.41, 5.74) is 1.14. The molecule has 1 fully saturated rings. The van der Waals surface area contributed by atoms with Crippen molar-refractivity contribution in [3.05, 3.63) is 36.4 Å². The van der Waals surface area contributed by atoms with Crippen LogP contribution in [0.25, 0.3) is 0 Å². The number of rotatable bonds is 5. The first-order valence-electron chi connectivity index (χ1n) is 6.93. The van der Waals surface area contributed by atoms with E-state index in [1.165, 1.54) is 32.1 Å². The van der Waals surface area contributed by atoms with Crippen LogP contribution in [0.1, 0.15) is 32.1 Å². The van der Waals surface area contributed by atoms with E-state index in [1.807, 2.05) is 24.3 Å². The maximum Gasteiger partial charge on any atom is 0.119 e.